The van der Waals surface area contributed by atoms with Crippen LogP contribution in [0, 0.1) is 5.92 Å². The fraction of sp³-hybridized carbons (Fsp3) is 0.588. The molecule has 22 heavy (non-hydrogen) atoms. The van der Waals surface area contributed by atoms with Gasteiger partial charge in [0.2, 0.25) is 5.91 Å². The molecule has 1 aromatic carbocycles. The van der Waals surface area contributed by atoms with Gasteiger partial charge in [0.05, 0.1) is 6.04 Å². The number of ether oxygens (including phenoxy) is 2. The van der Waals surface area contributed by atoms with Gasteiger partial charge in [0.25, 0.3) is 0 Å². The Morgan fingerprint density at radius 3 is 2.73 bits per heavy atom. The molecule has 5 heteroatoms. The molecule has 1 heterocycles. The molecule has 2 aliphatic rings. The van der Waals surface area contributed by atoms with Crippen LogP contribution in [0.25, 0.3) is 0 Å². The largest absolute Gasteiger partial charge is 0.486 e. The molecule has 1 fully saturated rings. The zero-order chi connectivity index (χ0) is 15.7. The van der Waals surface area contributed by atoms with E-state index in [0.29, 0.717) is 25.8 Å². The molecule has 0 bridgehead atoms. The van der Waals surface area contributed by atoms with E-state index in [4.69, 9.17) is 15.2 Å². The highest BCUT2D eigenvalue weighted by molar-refractivity contribution is 5.82. The van der Waals surface area contributed by atoms with Crippen molar-refractivity contribution in [2.24, 2.45) is 11.7 Å². The SMILES string of the molecule is CC(C)[C@H](N)C(=O)N(Cc1cccc2c1OCCO2)C1CC1. The van der Waals surface area contributed by atoms with Crippen LogP contribution in [0.5, 0.6) is 11.5 Å². The lowest BCUT2D eigenvalue weighted by Crippen LogP contribution is -2.47. The number of para-hydroxylation sites is 1. The van der Waals surface area contributed by atoms with Crippen molar-refractivity contribution in [2.45, 2.75) is 45.3 Å². The monoisotopic (exact) mass is 304 g/mol. The Labute approximate surface area is 131 Å². The third kappa shape index (κ3) is 3.04. The number of hydrogen-bond acceptors (Lipinski definition) is 4. The minimum absolute atomic E-state index is 0.0341. The summed E-state index contributed by atoms with van der Waals surface area (Å²) in [5, 5.41) is 0. The lowest BCUT2D eigenvalue weighted by molar-refractivity contribution is -0.134. The summed E-state index contributed by atoms with van der Waals surface area (Å²) in [6, 6.07) is 5.72. The average Bonchev–Trinajstić information content (AvgIpc) is 3.36. The second kappa shape index (κ2) is 6.16. The minimum Gasteiger partial charge on any atom is -0.486 e. The minimum atomic E-state index is -0.447. The van der Waals surface area contributed by atoms with Gasteiger partial charge in [0, 0.05) is 18.2 Å². The Hall–Kier alpha value is -1.75. The second-order valence-electron chi connectivity index (χ2n) is 6.41. The molecule has 2 N–H and O–H groups in total. The first-order valence-corrected chi connectivity index (χ1v) is 8.01. The lowest BCUT2D eigenvalue weighted by atomic mass is 10.0. The summed E-state index contributed by atoms with van der Waals surface area (Å²) in [7, 11) is 0. The molecule has 1 atom stereocenters. The van der Waals surface area contributed by atoms with Crippen LogP contribution < -0.4 is 15.2 Å². The van der Waals surface area contributed by atoms with Crippen LogP contribution in [0.3, 0.4) is 0 Å². The quantitative estimate of drug-likeness (QED) is 0.903. The van der Waals surface area contributed by atoms with Crippen LogP contribution in [-0.2, 0) is 11.3 Å². The van der Waals surface area contributed by atoms with Crippen molar-refractivity contribution in [3.05, 3.63) is 23.8 Å². The summed E-state index contributed by atoms with van der Waals surface area (Å²) >= 11 is 0. The molecule has 0 saturated heterocycles. The van der Waals surface area contributed by atoms with Crippen LogP contribution in [0.1, 0.15) is 32.3 Å². The van der Waals surface area contributed by atoms with Gasteiger partial charge in [-0.1, -0.05) is 26.0 Å². The van der Waals surface area contributed by atoms with Crippen molar-refractivity contribution < 1.29 is 14.3 Å². The molecular weight excluding hydrogens is 280 g/mol. The van der Waals surface area contributed by atoms with Gasteiger partial charge in [0.1, 0.15) is 13.2 Å². The number of carbonyl (C=O) groups excluding carboxylic acids is 1. The number of carbonyl (C=O) groups is 1. The van der Waals surface area contributed by atoms with Crippen LogP contribution in [-0.4, -0.2) is 36.1 Å². The summed E-state index contributed by atoms with van der Waals surface area (Å²) in [4.78, 5) is 14.6. The molecule has 0 unspecified atom stereocenters. The summed E-state index contributed by atoms with van der Waals surface area (Å²) in [6.45, 7) is 5.62. The normalized spacial score (nSPS) is 18.2. The van der Waals surface area contributed by atoms with Gasteiger partial charge in [0.15, 0.2) is 11.5 Å². The smallest absolute Gasteiger partial charge is 0.240 e. The number of nitrogens with two attached hydrogens (primary N) is 1. The molecule has 0 spiro atoms. The first-order valence-electron chi connectivity index (χ1n) is 8.01. The van der Waals surface area contributed by atoms with Gasteiger partial charge in [-0.25, -0.2) is 0 Å². The number of fused-ring (bicyclic) bond motifs is 1. The Kier molecular flexibility index (Phi) is 4.25. The highest BCUT2D eigenvalue weighted by atomic mass is 16.6. The van der Waals surface area contributed by atoms with E-state index in [0.717, 1.165) is 29.9 Å². The first kappa shape index (κ1) is 15.2. The predicted octanol–water partition coefficient (Wildman–Crippen LogP) is 1.93. The highest BCUT2D eigenvalue weighted by Crippen LogP contribution is 2.36. The van der Waals surface area contributed by atoms with Crippen molar-refractivity contribution in [3.8, 4) is 11.5 Å². The summed E-state index contributed by atoms with van der Waals surface area (Å²) in [5.74, 6) is 1.70. The molecule has 1 amide bonds. The molecule has 1 aliphatic heterocycles. The van der Waals surface area contributed by atoms with Crippen molar-refractivity contribution in [1.29, 1.82) is 0 Å². The van der Waals surface area contributed by atoms with E-state index < -0.39 is 6.04 Å². The number of hydrogen-bond donors (Lipinski definition) is 1. The van der Waals surface area contributed by atoms with Gasteiger partial charge < -0.3 is 20.1 Å². The standard InChI is InChI=1S/C17H24N2O3/c1-11(2)15(18)17(20)19(13-6-7-13)10-12-4-3-5-14-16(12)22-9-8-21-14/h3-5,11,13,15H,6-10,18H2,1-2H3/t15-/m0/s1. The highest BCUT2D eigenvalue weighted by Gasteiger charge is 2.36. The Morgan fingerprint density at radius 1 is 1.32 bits per heavy atom. The molecule has 1 saturated carbocycles. The molecule has 120 valence electrons. The third-order valence-electron chi connectivity index (χ3n) is 4.26. The van der Waals surface area contributed by atoms with Crippen molar-refractivity contribution in [2.75, 3.05) is 13.2 Å². The molecule has 0 radical (unpaired) electrons. The van der Waals surface area contributed by atoms with E-state index in [2.05, 4.69) is 0 Å². The number of benzene rings is 1. The lowest BCUT2D eigenvalue weighted by Gasteiger charge is -2.29. The van der Waals surface area contributed by atoms with Gasteiger partial charge in [-0.05, 0) is 24.8 Å². The maximum absolute atomic E-state index is 12.7. The van der Waals surface area contributed by atoms with E-state index in [1.165, 1.54) is 0 Å². The zero-order valence-electron chi connectivity index (χ0n) is 13.2. The summed E-state index contributed by atoms with van der Waals surface area (Å²) in [6.07, 6.45) is 2.12. The molecule has 1 aromatic rings. The van der Waals surface area contributed by atoms with Gasteiger partial charge in [-0.3, -0.25) is 4.79 Å². The van der Waals surface area contributed by atoms with E-state index in [-0.39, 0.29) is 11.8 Å². The van der Waals surface area contributed by atoms with Gasteiger partial charge in [-0.2, -0.15) is 0 Å². The summed E-state index contributed by atoms with van der Waals surface area (Å²) < 4.78 is 11.4. The van der Waals surface area contributed by atoms with E-state index in [1.807, 2.05) is 36.9 Å². The zero-order valence-corrected chi connectivity index (χ0v) is 13.2. The number of rotatable bonds is 5. The van der Waals surface area contributed by atoms with E-state index in [9.17, 15) is 4.79 Å². The Morgan fingerprint density at radius 2 is 2.05 bits per heavy atom. The van der Waals surface area contributed by atoms with Crippen LogP contribution in [0.4, 0.5) is 0 Å². The molecular formula is C17H24N2O3. The van der Waals surface area contributed by atoms with Crippen LogP contribution in [0.2, 0.25) is 0 Å². The third-order valence-corrected chi connectivity index (χ3v) is 4.26. The van der Waals surface area contributed by atoms with Crippen molar-refractivity contribution in [1.82, 2.24) is 4.90 Å². The summed E-state index contributed by atoms with van der Waals surface area (Å²) in [5.41, 5.74) is 7.06. The Balaban J connectivity index is 1.81. The fourth-order valence-electron chi connectivity index (χ4n) is 2.69. The second-order valence-corrected chi connectivity index (χ2v) is 6.41. The fourth-order valence-corrected chi connectivity index (χ4v) is 2.69. The van der Waals surface area contributed by atoms with Crippen molar-refractivity contribution >= 4 is 5.91 Å². The topological polar surface area (TPSA) is 64.8 Å². The predicted molar refractivity (Wildman–Crippen MR) is 83.8 cm³/mol. The first-order chi connectivity index (χ1) is 10.6. The van der Waals surface area contributed by atoms with E-state index >= 15 is 0 Å². The van der Waals surface area contributed by atoms with Gasteiger partial charge in [-0.15, -0.1) is 0 Å². The maximum Gasteiger partial charge on any atom is 0.240 e. The van der Waals surface area contributed by atoms with Crippen LogP contribution in [0.15, 0.2) is 18.2 Å². The molecule has 1 aliphatic carbocycles. The van der Waals surface area contributed by atoms with E-state index in [1.54, 1.807) is 0 Å². The van der Waals surface area contributed by atoms with Gasteiger partial charge >= 0.3 is 0 Å². The van der Waals surface area contributed by atoms with Crippen LogP contribution >= 0.6 is 0 Å². The van der Waals surface area contributed by atoms with Crippen molar-refractivity contribution in [3.63, 3.8) is 0 Å². The molecule has 5 nitrogen and oxygen atoms in total. The maximum atomic E-state index is 12.7. The number of amides is 1. The Bertz CT molecular complexity index is 555. The number of nitrogens with zero attached hydrogens (tertiary/aromatic N) is 1. The average molecular weight is 304 g/mol. The molecule has 0 aromatic heterocycles. The molecule has 3 rings (SSSR count).